The number of carboxylic acids is 1. The van der Waals surface area contributed by atoms with Crippen molar-refractivity contribution < 1.29 is 19.4 Å². The van der Waals surface area contributed by atoms with Gasteiger partial charge in [0.15, 0.2) is 0 Å². The first-order chi connectivity index (χ1) is 9.24. The monoisotopic (exact) mass is 284 g/mol. The van der Waals surface area contributed by atoms with Crippen molar-refractivity contribution in [2.24, 2.45) is 11.0 Å². The first-order valence-corrected chi connectivity index (χ1v) is 6.49. The lowest BCUT2D eigenvalue weighted by Crippen LogP contribution is -2.44. The molecule has 1 aliphatic rings. The Bertz CT molecular complexity index is 416. The van der Waals surface area contributed by atoms with Gasteiger partial charge < -0.3 is 14.7 Å². The minimum absolute atomic E-state index is 0.248. The highest BCUT2D eigenvalue weighted by Crippen LogP contribution is 2.24. The van der Waals surface area contributed by atoms with Crippen molar-refractivity contribution in [1.29, 1.82) is 0 Å². The van der Waals surface area contributed by atoms with Crippen molar-refractivity contribution in [3.63, 3.8) is 0 Å². The van der Waals surface area contributed by atoms with Gasteiger partial charge in [-0.2, -0.15) is 0 Å². The SMILES string of the molecule is CC(C)(C)OC(=O)N1CCC(C(N=[N+]=[N-])C(=O)O)CC1. The number of azide groups is 1. The van der Waals surface area contributed by atoms with Gasteiger partial charge in [0.25, 0.3) is 0 Å². The third-order valence-corrected chi connectivity index (χ3v) is 3.07. The van der Waals surface area contributed by atoms with Crippen LogP contribution in [-0.2, 0) is 9.53 Å². The van der Waals surface area contributed by atoms with Gasteiger partial charge in [-0.1, -0.05) is 5.11 Å². The van der Waals surface area contributed by atoms with Crippen molar-refractivity contribution in [2.75, 3.05) is 13.1 Å². The topological polar surface area (TPSA) is 116 Å². The Morgan fingerprint density at radius 3 is 2.35 bits per heavy atom. The van der Waals surface area contributed by atoms with Gasteiger partial charge in [-0.05, 0) is 45.1 Å². The second kappa shape index (κ2) is 6.47. The second-order valence-corrected chi connectivity index (χ2v) is 5.79. The van der Waals surface area contributed by atoms with Gasteiger partial charge in [0.05, 0.1) is 0 Å². The van der Waals surface area contributed by atoms with Gasteiger partial charge in [0, 0.05) is 18.0 Å². The lowest BCUT2D eigenvalue weighted by molar-refractivity contribution is -0.140. The predicted molar refractivity (Wildman–Crippen MR) is 71.1 cm³/mol. The molecule has 0 aliphatic carbocycles. The maximum Gasteiger partial charge on any atom is 0.410 e. The molecule has 1 saturated heterocycles. The molecule has 0 saturated carbocycles. The summed E-state index contributed by atoms with van der Waals surface area (Å²) in [7, 11) is 0. The van der Waals surface area contributed by atoms with E-state index in [2.05, 4.69) is 10.0 Å². The van der Waals surface area contributed by atoms with Gasteiger partial charge in [-0.15, -0.1) is 0 Å². The minimum atomic E-state index is -1.13. The van der Waals surface area contributed by atoms with Crippen LogP contribution in [0, 0.1) is 5.92 Å². The van der Waals surface area contributed by atoms with E-state index in [0.717, 1.165) is 0 Å². The summed E-state index contributed by atoms with van der Waals surface area (Å²) in [6.07, 6.45) is 0.566. The standard InChI is InChI=1S/C12H20N4O4/c1-12(2,3)20-11(19)16-6-4-8(5-7-16)9(10(17)18)14-15-13/h8-9H,4-7H2,1-3H3,(H,17,18). The molecule has 0 bridgehead atoms. The molecule has 0 aromatic heterocycles. The number of rotatable bonds is 3. The van der Waals surface area contributed by atoms with Gasteiger partial charge in [0.1, 0.15) is 11.6 Å². The number of hydrogen-bond acceptors (Lipinski definition) is 4. The van der Waals surface area contributed by atoms with Crippen LogP contribution in [-0.4, -0.2) is 46.8 Å². The van der Waals surface area contributed by atoms with Gasteiger partial charge in [-0.25, -0.2) is 4.79 Å². The average molecular weight is 284 g/mol. The molecule has 20 heavy (non-hydrogen) atoms. The molecule has 112 valence electrons. The summed E-state index contributed by atoms with van der Waals surface area (Å²) in [5, 5.41) is 12.3. The molecule has 1 aliphatic heterocycles. The minimum Gasteiger partial charge on any atom is -0.481 e. The smallest absolute Gasteiger partial charge is 0.410 e. The third kappa shape index (κ3) is 4.62. The number of hydrogen-bond donors (Lipinski definition) is 1. The Labute approximate surface area is 117 Å². The van der Waals surface area contributed by atoms with Crippen LogP contribution < -0.4 is 0 Å². The predicted octanol–water partition coefficient (Wildman–Crippen LogP) is 2.40. The Kier molecular flexibility index (Phi) is 5.21. The lowest BCUT2D eigenvalue weighted by atomic mass is 9.90. The van der Waals surface area contributed by atoms with Crippen LogP contribution >= 0.6 is 0 Å². The Morgan fingerprint density at radius 1 is 1.40 bits per heavy atom. The summed E-state index contributed by atoms with van der Waals surface area (Å²) in [4.78, 5) is 27.0. The lowest BCUT2D eigenvalue weighted by Gasteiger charge is -2.34. The summed E-state index contributed by atoms with van der Waals surface area (Å²) >= 11 is 0. The summed E-state index contributed by atoms with van der Waals surface area (Å²) in [5.74, 6) is -1.37. The normalized spacial score (nSPS) is 18.1. The second-order valence-electron chi connectivity index (χ2n) is 5.79. The third-order valence-electron chi connectivity index (χ3n) is 3.07. The van der Waals surface area contributed by atoms with E-state index in [1.807, 2.05) is 0 Å². The first-order valence-electron chi connectivity index (χ1n) is 6.49. The quantitative estimate of drug-likeness (QED) is 0.486. The highest BCUT2D eigenvalue weighted by atomic mass is 16.6. The zero-order chi connectivity index (χ0) is 15.3. The molecular weight excluding hydrogens is 264 g/mol. The van der Waals surface area contributed by atoms with Crippen molar-refractivity contribution in [2.45, 2.75) is 45.3 Å². The Hall–Kier alpha value is -1.95. The number of nitrogens with zero attached hydrogens (tertiary/aromatic N) is 4. The van der Waals surface area contributed by atoms with Crippen LogP contribution in [0.5, 0.6) is 0 Å². The fraction of sp³-hybridized carbons (Fsp3) is 0.833. The molecular formula is C12H20N4O4. The summed E-state index contributed by atoms with van der Waals surface area (Å²) in [5.41, 5.74) is 7.84. The molecule has 1 heterocycles. The van der Waals surface area contributed by atoms with E-state index in [1.165, 1.54) is 0 Å². The van der Waals surface area contributed by atoms with E-state index in [-0.39, 0.29) is 5.92 Å². The van der Waals surface area contributed by atoms with Crippen LogP contribution in [0.4, 0.5) is 4.79 Å². The van der Waals surface area contributed by atoms with Crippen molar-refractivity contribution in [1.82, 2.24) is 4.90 Å². The molecule has 1 atom stereocenters. The maximum atomic E-state index is 11.9. The maximum absolute atomic E-state index is 11.9. The number of likely N-dealkylation sites (tertiary alicyclic amines) is 1. The Morgan fingerprint density at radius 2 is 1.95 bits per heavy atom. The van der Waals surface area contributed by atoms with E-state index in [4.69, 9.17) is 15.4 Å². The highest BCUT2D eigenvalue weighted by Gasteiger charge is 2.33. The fourth-order valence-electron chi connectivity index (χ4n) is 2.13. The molecule has 0 spiro atoms. The molecule has 8 nitrogen and oxygen atoms in total. The van der Waals surface area contributed by atoms with Gasteiger partial charge in [-0.3, -0.25) is 4.79 Å². The number of carbonyl (C=O) groups is 2. The zero-order valence-corrected chi connectivity index (χ0v) is 11.9. The number of amides is 1. The van der Waals surface area contributed by atoms with Crippen molar-refractivity contribution in [3.05, 3.63) is 10.4 Å². The average Bonchev–Trinajstić information content (AvgIpc) is 2.33. The number of carbonyl (C=O) groups excluding carboxylic acids is 1. The number of piperidine rings is 1. The molecule has 0 radical (unpaired) electrons. The fourth-order valence-corrected chi connectivity index (χ4v) is 2.13. The molecule has 1 unspecified atom stereocenters. The van der Waals surface area contributed by atoms with E-state index in [0.29, 0.717) is 25.9 Å². The molecule has 1 N–H and O–H groups in total. The summed E-state index contributed by atoms with van der Waals surface area (Å²) < 4.78 is 5.26. The number of ether oxygens (including phenoxy) is 1. The van der Waals surface area contributed by atoms with Crippen molar-refractivity contribution in [3.8, 4) is 0 Å². The molecule has 0 aromatic rings. The van der Waals surface area contributed by atoms with Crippen LogP contribution in [0.25, 0.3) is 10.4 Å². The van der Waals surface area contributed by atoms with Crippen LogP contribution in [0.15, 0.2) is 5.11 Å². The largest absolute Gasteiger partial charge is 0.481 e. The van der Waals surface area contributed by atoms with E-state index < -0.39 is 23.7 Å². The summed E-state index contributed by atoms with van der Waals surface area (Å²) in [6.45, 7) is 6.19. The Balaban J connectivity index is 2.57. The number of aliphatic carboxylic acids is 1. The van der Waals surface area contributed by atoms with Crippen LogP contribution in [0.1, 0.15) is 33.6 Å². The summed E-state index contributed by atoms with van der Waals surface area (Å²) in [6, 6.07) is -1.07. The molecule has 1 amide bonds. The van der Waals surface area contributed by atoms with E-state index >= 15 is 0 Å². The highest BCUT2D eigenvalue weighted by molar-refractivity contribution is 5.74. The number of carboxylic acid groups (broad SMARTS) is 1. The van der Waals surface area contributed by atoms with Gasteiger partial charge >= 0.3 is 12.1 Å². The zero-order valence-electron chi connectivity index (χ0n) is 11.9. The van der Waals surface area contributed by atoms with Gasteiger partial charge in [0.2, 0.25) is 0 Å². The molecule has 0 aromatic carbocycles. The van der Waals surface area contributed by atoms with E-state index in [9.17, 15) is 9.59 Å². The van der Waals surface area contributed by atoms with E-state index in [1.54, 1.807) is 25.7 Å². The van der Waals surface area contributed by atoms with Crippen LogP contribution in [0.3, 0.4) is 0 Å². The molecule has 1 fully saturated rings. The van der Waals surface area contributed by atoms with Crippen LogP contribution in [0.2, 0.25) is 0 Å². The molecule has 8 heteroatoms. The first kappa shape index (κ1) is 16.1. The van der Waals surface area contributed by atoms with Crippen molar-refractivity contribution >= 4 is 12.1 Å². The molecule has 1 rings (SSSR count).